The molecule has 7 heavy (non-hydrogen) atoms. The van der Waals surface area contributed by atoms with Crippen LogP contribution in [0.25, 0.3) is 0 Å². The number of hydrogen-bond acceptors (Lipinski definition) is 3. The summed E-state index contributed by atoms with van der Waals surface area (Å²) in [4.78, 5) is 0. The molecule has 0 atom stereocenters. The number of hydrogen-bond donors (Lipinski definition) is 0. The van der Waals surface area contributed by atoms with Gasteiger partial charge in [0.2, 0.25) is 5.75 Å². The molecule has 0 aromatic heterocycles. The molecule has 1 heterocycles. The van der Waals surface area contributed by atoms with Crippen LogP contribution >= 0.6 is 0 Å². The summed E-state index contributed by atoms with van der Waals surface area (Å²) in [5.74, 6) is 1.17. The molecule has 0 aromatic carbocycles. The fourth-order valence-electron chi connectivity index (χ4n) is 0.405. The maximum atomic E-state index is 10.2. The molecule has 3 nitrogen and oxygen atoms in total. The lowest BCUT2D eigenvalue weighted by Crippen LogP contribution is -1.92. The van der Waals surface area contributed by atoms with Crippen molar-refractivity contribution >= 4 is 10.1 Å². The molecule has 40 valence electrons. The van der Waals surface area contributed by atoms with E-state index in [1.807, 2.05) is 0 Å². The van der Waals surface area contributed by atoms with Gasteiger partial charge in [-0.3, -0.25) is 0 Å². The van der Waals surface area contributed by atoms with Crippen molar-refractivity contribution in [1.82, 2.24) is 0 Å². The molecule has 1 aliphatic heterocycles. The average molecular weight is 121 g/mol. The van der Waals surface area contributed by atoms with Crippen LogP contribution in [0.1, 0.15) is 6.42 Å². The van der Waals surface area contributed by atoms with E-state index in [9.17, 15) is 8.42 Å². The van der Waals surface area contributed by atoms with E-state index in [-0.39, 0.29) is 0 Å². The highest BCUT2D eigenvalue weighted by molar-refractivity contribution is 7.89. The quantitative estimate of drug-likeness (QED) is 0.332. The second kappa shape index (κ2) is 1.38. The normalized spacial score (nSPS) is 26.9. The van der Waals surface area contributed by atoms with E-state index in [1.54, 1.807) is 0 Å². The van der Waals surface area contributed by atoms with E-state index in [0.29, 0.717) is 13.0 Å². The van der Waals surface area contributed by atoms with Crippen molar-refractivity contribution in [2.45, 2.75) is 6.42 Å². The fourth-order valence-corrected chi connectivity index (χ4v) is 1.21. The van der Waals surface area contributed by atoms with Crippen LogP contribution in [0.2, 0.25) is 0 Å². The van der Waals surface area contributed by atoms with Gasteiger partial charge in [0.1, 0.15) is 13.0 Å². The third kappa shape index (κ3) is 1.07. The molecular formula is C3H5O3S+. The molecule has 0 bridgehead atoms. The summed E-state index contributed by atoms with van der Waals surface area (Å²) in [6.07, 6.45) is 0.530. The van der Waals surface area contributed by atoms with Gasteiger partial charge in [0.15, 0.2) is 0 Å². The number of rotatable bonds is 0. The summed E-state index contributed by atoms with van der Waals surface area (Å²) in [5, 5.41) is 0. The van der Waals surface area contributed by atoms with Crippen molar-refractivity contribution in [3.05, 3.63) is 5.75 Å². The van der Waals surface area contributed by atoms with Crippen LogP contribution in [0.15, 0.2) is 0 Å². The molecule has 0 aromatic rings. The minimum absolute atomic E-state index is 0.322. The lowest BCUT2D eigenvalue weighted by Gasteiger charge is -1.74. The molecule has 0 spiro atoms. The molecule has 1 fully saturated rings. The minimum Gasteiger partial charge on any atom is -0.231 e. The molecule has 0 unspecified atom stereocenters. The van der Waals surface area contributed by atoms with Crippen LogP contribution < -0.4 is 0 Å². The molecule has 1 aliphatic rings. The Labute approximate surface area is 42.4 Å². The highest BCUT2D eigenvalue weighted by Crippen LogP contribution is 2.10. The molecule has 0 radical (unpaired) electrons. The van der Waals surface area contributed by atoms with Crippen LogP contribution in [0.4, 0.5) is 0 Å². The first kappa shape index (κ1) is 4.93. The van der Waals surface area contributed by atoms with Gasteiger partial charge in [-0.2, -0.15) is 8.42 Å². The topological polar surface area (TPSA) is 43.4 Å². The summed E-state index contributed by atoms with van der Waals surface area (Å²) >= 11 is 0. The SMILES string of the molecule is O=S1(=O)[CH+]CCO1. The van der Waals surface area contributed by atoms with Gasteiger partial charge in [0.05, 0.1) is 0 Å². The van der Waals surface area contributed by atoms with E-state index in [4.69, 9.17) is 0 Å². The minimum atomic E-state index is -3.17. The zero-order valence-corrected chi connectivity index (χ0v) is 4.44. The van der Waals surface area contributed by atoms with Crippen molar-refractivity contribution in [1.29, 1.82) is 0 Å². The molecule has 0 aliphatic carbocycles. The van der Waals surface area contributed by atoms with Gasteiger partial charge in [0.25, 0.3) is 0 Å². The molecule has 0 N–H and O–H groups in total. The lowest BCUT2D eigenvalue weighted by atomic mass is 10.5. The Bertz CT molecular complexity index is 134. The standard InChI is InChI=1S/C3H5O3S/c4-7(5)3-1-2-6-7/h3H,1-2H2/q+1. The largest absolute Gasteiger partial charge is 0.424 e. The van der Waals surface area contributed by atoms with E-state index in [0.717, 1.165) is 0 Å². The van der Waals surface area contributed by atoms with Crippen LogP contribution in [0.5, 0.6) is 0 Å². The summed E-state index contributed by atoms with van der Waals surface area (Å²) < 4.78 is 24.6. The first-order chi connectivity index (χ1) is 3.21. The molecule has 1 saturated heterocycles. The zero-order chi connectivity index (χ0) is 5.33. The van der Waals surface area contributed by atoms with Gasteiger partial charge < -0.3 is 0 Å². The van der Waals surface area contributed by atoms with Gasteiger partial charge in [-0.25, -0.2) is 4.18 Å². The van der Waals surface area contributed by atoms with Crippen molar-refractivity contribution in [3.63, 3.8) is 0 Å². The van der Waals surface area contributed by atoms with Crippen LogP contribution in [0, 0.1) is 5.75 Å². The summed E-state index contributed by atoms with van der Waals surface area (Å²) in [7, 11) is -3.17. The molecule has 4 heteroatoms. The zero-order valence-electron chi connectivity index (χ0n) is 3.62. The lowest BCUT2D eigenvalue weighted by molar-refractivity contribution is 0.354. The summed E-state index contributed by atoms with van der Waals surface area (Å²) in [6.45, 7) is 0.322. The van der Waals surface area contributed by atoms with Crippen molar-refractivity contribution in [3.8, 4) is 0 Å². The van der Waals surface area contributed by atoms with Gasteiger partial charge in [-0.1, -0.05) is 0 Å². The summed E-state index contributed by atoms with van der Waals surface area (Å²) in [6, 6.07) is 0. The van der Waals surface area contributed by atoms with Gasteiger partial charge >= 0.3 is 10.1 Å². The predicted octanol–water partition coefficient (Wildman–Crippen LogP) is -0.102. The van der Waals surface area contributed by atoms with E-state index < -0.39 is 10.1 Å². The van der Waals surface area contributed by atoms with Crippen molar-refractivity contribution in [2.75, 3.05) is 6.61 Å². The first-order valence-electron chi connectivity index (χ1n) is 1.93. The Hall–Kier alpha value is -0.220. The van der Waals surface area contributed by atoms with E-state index in [2.05, 4.69) is 4.18 Å². The van der Waals surface area contributed by atoms with Gasteiger partial charge in [0, 0.05) is 0 Å². The Morgan fingerprint density at radius 1 is 1.57 bits per heavy atom. The highest BCUT2D eigenvalue weighted by Gasteiger charge is 2.28. The van der Waals surface area contributed by atoms with E-state index >= 15 is 0 Å². The van der Waals surface area contributed by atoms with Gasteiger partial charge in [-0.15, -0.1) is 0 Å². The smallest absolute Gasteiger partial charge is 0.231 e. The predicted molar refractivity (Wildman–Crippen MR) is 23.8 cm³/mol. The Balaban J connectivity index is 2.76. The Morgan fingerprint density at radius 3 is 2.43 bits per heavy atom. The van der Waals surface area contributed by atoms with Crippen LogP contribution in [-0.4, -0.2) is 15.0 Å². The first-order valence-corrected chi connectivity index (χ1v) is 3.40. The average Bonchev–Trinajstić information content (AvgIpc) is 1.84. The molecule has 1 rings (SSSR count). The van der Waals surface area contributed by atoms with Crippen molar-refractivity contribution < 1.29 is 12.6 Å². The van der Waals surface area contributed by atoms with Crippen LogP contribution in [0.3, 0.4) is 0 Å². The monoisotopic (exact) mass is 121 g/mol. The summed E-state index contributed by atoms with van der Waals surface area (Å²) in [5.41, 5.74) is 0. The molecule has 0 amide bonds. The Kier molecular flexibility index (Phi) is 0.972. The third-order valence-electron chi connectivity index (χ3n) is 0.687. The molecular weight excluding hydrogens is 116 g/mol. The van der Waals surface area contributed by atoms with Crippen LogP contribution in [-0.2, 0) is 14.3 Å². The Morgan fingerprint density at radius 2 is 2.29 bits per heavy atom. The highest BCUT2D eigenvalue weighted by atomic mass is 32.2. The maximum Gasteiger partial charge on any atom is 0.424 e. The third-order valence-corrected chi connectivity index (χ3v) is 1.83. The van der Waals surface area contributed by atoms with E-state index in [1.165, 1.54) is 5.75 Å². The second-order valence-corrected chi connectivity index (χ2v) is 2.82. The van der Waals surface area contributed by atoms with Gasteiger partial charge in [-0.05, 0) is 0 Å². The molecule has 0 saturated carbocycles. The maximum absolute atomic E-state index is 10.2. The fraction of sp³-hybridized carbons (Fsp3) is 0.667. The van der Waals surface area contributed by atoms with Crippen molar-refractivity contribution in [2.24, 2.45) is 0 Å². The second-order valence-electron chi connectivity index (χ2n) is 1.27.